The summed E-state index contributed by atoms with van der Waals surface area (Å²) in [5.41, 5.74) is 3.07. The van der Waals surface area contributed by atoms with Gasteiger partial charge in [0.05, 0.1) is 6.54 Å². The quantitative estimate of drug-likeness (QED) is 0.503. The average Bonchev–Trinajstić information content (AvgIpc) is 2.78. The fourth-order valence-corrected chi connectivity index (χ4v) is 2.79. The molecule has 3 rings (SSSR count). The molecule has 0 heterocycles. The maximum atomic E-state index is 12.2. The second-order valence-corrected chi connectivity index (χ2v) is 6.64. The minimum atomic E-state index is -0.184. The molecule has 0 bridgehead atoms. The van der Waals surface area contributed by atoms with Crippen molar-refractivity contribution >= 4 is 23.2 Å². The number of carbonyl (C=O) groups is 2. The molecule has 0 aliphatic rings. The molecule has 0 aliphatic heterocycles. The highest BCUT2D eigenvalue weighted by molar-refractivity contribution is 5.96. The molecule has 0 atom stereocenters. The van der Waals surface area contributed by atoms with Crippen LogP contribution in [0.2, 0.25) is 0 Å². The van der Waals surface area contributed by atoms with Gasteiger partial charge in [-0.1, -0.05) is 36.4 Å². The topological polar surface area (TPSA) is 79.5 Å². The Labute approximate surface area is 176 Å². The Bertz CT molecular complexity index is 973. The van der Waals surface area contributed by atoms with Gasteiger partial charge in [-0.15, -0.1) is 0 Å². The number of rotatable bonds is 9. The highest BCUT2D eigenvalue weighted by atomic mass is 16.5. The Balaban J connectivity index is 1.48. The smallest absolute Gasteiger partial charge is 0.251 e. The van der Waals surface area contributed by atoms with Gasteiger partial charge in [0.15, 0.2) is 0 Å². The van der Waals surface area contributed by atoms with Crippen LogP contribution in [-0.2, 0) is 11.4 Å². The van der Waals surface area contributed by atoms with Crippen LogP contribution in [0.4, 0.5) is 11.4 Å². The first kappa shape index (κ1) is 20.9. The molecule has 6 heteroatoms. The third-order valence-corrected chi connectivity index (χ3v) is 4.30. The molecule has 2 amide bonds. The van der Waals surface area contributed by atoms with E-state index in [-0.39, 0.29) is 18.4 Å². The van der Waals surface area contributed by atoms with E-state index in [1.807, 2.05) is 61.5 Å². The van der Waals surface area contributed by atoms with Gasteiger partial charge in [0.25, 0.3) is 5.91 Å². The van der Waals surface area contributed by atoms with Gasteiger partial charge in [0.2, 0.25) is 5.91 Å². The van der Waals surface area contributed by atoms with Crippen molar-refractivity contribution in [1.82, 2.24) is 5.32 Å². The SMILES string of the molecule is CCNC(=O)c1ccc(NC(=O)CNc2cccc(OCc3ccccc3)c2)cc1. The minimum absolute atomic E-state index is 0.111. The summed E-state index contributed by atoms with van der Waals surface area (Å²) in [4.78, 5) is 24.0. The number of amides is 2. The fraction of sp³-hybridized carbons (Fsp3) is 0.167. The maximum absolute atomic E-state index is 12.2. The van der Waals surface area contributed by atoms with E-state index in [1.54, 1.807) is 24.3 Å². The first-order valence-corrected chi connectivity index (χ1v) is 9.83. The van der Waals surface area contributed by atoms with Gasteiger partial charge in [0.1, 0.15) is 12.4 Å². The van der Waals surface area contributed by atoms with E-state index < -0.39 is 0 Å². The molecule has 30 heavy (non-hydrogen) atoms. The summed E-state index contributed by atoms with van der Waals surface area (Å²) >= 11 is 0. The Hall–Kier alpha value is -3.80. The lowest BCUT2D eigenvalue weighted by atomic mass is 10.2. The van der Waals surface area contributed by atoms with Crippen molar-refractivity contribution in [2.75, 3.05) is 23.7 Å². The molecule has 3 aromatic rings. The molecule has 0 aromatic heterocycles. The van der Waals surface area contributed by atoms with E-state index in [1.165, 1.54) is 0 Å². The van der Waals surface area contributed by atoms with Crippen LogP contribution in [0.5, 0.6) is 5.75 Å². The second-order valence-electron chi connectivity index (χ2n) is 6.64. The van der Waals surface area contributed by atoms with Crippen LogP contribution in [0.15, 0.2) is 78.9 Å². The van der Waals surface area contributed by atoms with Crippen LogP contribution in [0.25, 0.3) is 0 Å². The number of anilines is 2. The number of nitrogens with one attached hydrogen (secondary N) is 3. The molecule has 3 aromatic carbocycles. The predicted octanol–water partition coefficient (Wildman–Crippen LogP) is 4.07. The van der Waals surface area contributed by atoms with Crippen LogP contribution < -0.4 is 20.7 Å². The molecular weight excluding hydrogens is 378 g/mol. The fourth-order valence-electron chi connectivity index (χ4n) is 2.79. The third-order valence-electron chi connectivity index (χ3n) is 4.30. The molecule has 0 unspecified atom stereocenters. The molecular formula is C24H25N3O3. The van der Waals surface area contributed by atoms with Crippen molar-refractivity contribution in [2.45, 2.75) is 13.5 Å². The van der Waals surface area contributed by atoms with Gasteiger partial charge in [0, 0.05) is 29.5 Å². The molecule has 0 saturated carbocycles. The van der Waals surface area contributed by atoms with Crippen molar-refractivity contribution in [3.63, 3.8) is 0 Å². The van der Waals surface area contributed by atoms with Crippen molar-refractivity contribution < 1.29 is 14.3 Å². The molecule has 3 N–H and O–H groups in total. The van der Waals surface area contributed by atoms with Crippen molar-refractivity contribution in [2.24, 2.45) is 0 Å². The predicted molar refractivity (Wildman–Crippen MR) is 119 cm³/mol. The second kappa shape index (κ2) is 10.7. The van der Waals surface area contributed by atoms with Crippen LogP contribution >= 0.6 is 0 Å². The van der Waals surface area contributed by atoms with Crippen LogP contribution in [0.1, 0.15) is 22.8 Å². The summed E-state index contributed by atoms with van der Waals surface area (Å²) in [5, 5.41) is 8.64. The molecule has 0 spiro atoms. The minimum Gasteiger partial charge on any atom is -0.489 e. The van der Waals surface area contributed by atoms with Gasteiger partial charge in [-0.25, -0.2) is 0 Å². The molecule has 0 saturated heterocycles. The third kappa shape index (κ3) is 6.38. The zero-order valence-corrected chi connectivity index (χ0v) is 16.9. The number of hydrogen-bond donors (Lipinski definition) is 3. The monoisotopic (exact) mass is 403 g/mol. The molecule has 0 fully saturated rings. The number of carbonyl (C=O) groups excluding carboxylic acids is 2. The van der Waals surface area contributed by atoms with Gasteiger partial charge < -0.3 is 20.7 Å². The van der Waals surface area contributed by atoms with E-state index in [2.05, 4.69) is 16.0 Å². The number of hydrogen-bond acceptors (Lipinski definition) is 4. The van der Waals surface area contributed by atoms with Gasteiger partial charge >= 0.3 is 0 Å². The first-order valence-electron chi connectivity index (χ1n) is 9.83. The lowest BCUT2D eigenvalue weighted by Crippen LogP contribution is -2.23. The zero-order chi connectivity index (χ0) is 21.2. The largest absolute Gasteiger partial charge is 0.489 e. The van der Waals surface area contributed by atoms with Crippen molar-refractivity contribution in [3.05, 3.63) is 90.0 Å². The Morgan fingerprint density at radius 1 is 0.867 bits per heavy atom. The highest BCUT2D eigenvalue weighted by Gasteiger charge is 2.06. The van der Waals surface area contributed by atoms with Crippen LogP contribution in [-0.4, -0.2) is 24.9 Å². The van der Waals surface area contributed by atoms with E-state index >= 15 is 0 Å². The zero-order valence-electron chi connectivity index (χ0n) is 16.9. The Morgan fingerprint density at radius 2 is 1.63 bits per heavy atom. The van der Waals surface area contributed by atoms with E-state index in [0.717, 1.165) is 17.0 Å². The lowest BCUT2D eigenvalue weighted by molar-refractivity contribution is -0.114. The van der Waals surface area contributed by atoms with Gasteiger partial charge in [-0.3, -0.25) is 9.59 Å². The van der Waals surface area contributed by atoms with E-state index in [9.17, 15) is 9.59 Å². The van der Waals surface area contributed by atoms with Crippen molar-refractivity contribution in [1.29, 1.82) is 0 Å². The molecule has 0 radical (unpaired) electrons. The number of ether oxygens (including phenoxy) is 1. The Morgan fingerprint density at radius 3 is 2.37 bits per heavy atom. The van der Waals surface area contributed by atoms with Gasteiger partial charge in [-0.2, -0.15) is 0 Å². The number of benzene rings is 3. The normalized spacial score (nSPS) is 10.2. The maximum Gasteiger partial charge on any atom is 0.251 e. The van der Waals surface area contributed by atoms with E-state index in [0.29, 0.717) is 24.4 Å². The molecule has 154 valence electrons. The summed E-state index contributed by atoms with van der Waals surface area (Å²) in [6.45, 7) is 3.03. The summed E-state index contributed by atoms with van der Waals surface area (Å²) in [6.07, 6.45) is 0. The van der Waals surface area contributed by atoms with Crippen molar-refractivity contribution in [3.8, 4) is 5.75 Å². The van der Waals surface area contributed by atoms with Gasteiger partial charge in [-0.05, 0) is 48.9 Å². The summed E-state index contributed by atoms with van der Waals surface area (Å²) in [7, 11) is 0. The highest BCUT2D eigenvalue weighted by Crippen LogP contribution is 2.18. The van der Waals surface area contributed by atoms with Crippen LogP contribution in [0.3, 0.4) is 0 Å². The Kier molecular flexibility index (Phi) is 7.44. The summed E-state index contributed by atoms with van der Waals surface area (Å²) in [5.74, 6) is 0.410. The average molecular weight is 403 g/mol. The van der Waals surface area contributed by atoms with Crippen LogP contribution in [0, 0.1) is 0 Å². The lowest BCUT2D eigenvalue weighted by Gasteiger charge is -2.11. The summed E-state index contributed by atoms with van der Waals surface area (Å²) < 4.78 is 5.81. The standard InChI is InChI=1S/C24H25N3O3/c1-2-25-24(29)19-11-13-20(14-12-19)27-23(28)16-26-21-9-6-10-22(15-21)30-17-18-7-4-3-5-8-18/h3-15,26H,2,16-17H2,1H3,(H,25,29)(H,27,28). The molecule has 0 aliphatic carbocycles. The summed E-state index contributed by atoms with van der Waals surface area (Å²) in [6, 6.07) is 24.2. The first-order chi connectivity index (χ1) is 14.6. The molecule has 6 nitrogen and oxygen atoms in total. The van der Waals surface area contributed by atoms with E-state index in [4.69, 9.17) is 4.74 Å².